The van der Waals surface area contributed by atoms with Gasteiger partial charge in [0.05, 0.1) is 12.2 Å². The van der Waals surface area contributed by atoms with Crippen molar-refractivity contribution in [3.05, 3.63) is 35.8 Å². The maximum atomic E-state index is 9.75. The third kappa shape index (κ3) is 5.48. The van der Waals surface area contributed by atoms with Gasteiger partial charge in [-0.25, -0.2) is 0 Å². The molecule has 4 heteroatoms. The Morgan fingerprint density at radius 3 is 2.50 bits per heavy atom. The summed E-state index contributed by atoms with van der Waals surface area (Å²) >= 11 is 3.98. The van der Waals surface area contributed by atoms with Crippen LogP contribution in [0.2, 0.25) is 0 Å². The number of hydrogen-bond acceptors (Lipinski definition) is 4. The van der Waals surface area contributed by atoms with Crippen molar-refractivity contribution in [2.24, 2.45) is 0 Å². The summed E-state index contributed by atoms with van der Waals surface area (Å²) < 4.78 is 4.91. The highest BCUT2D eigenvalue weighted by Gasteiger charge is 1.85. The van der Waals surface area contributed by atoms with E-state index in [2.05, 4.69) is 12.6 Å². The van der Waals surface area contributed by atoms with E-state index in [-0.39, 0.29) is 5.57 Å². The average molecular weight is 213 g/mol. The molecule has 0 aliphatic rings. The van der Waals surface area contributed by atoms with Gasteiger partial charge in [-0.1, -0.05) is 6.08 Å². The van der Waals surface area contributed by atoms with Crippen molar-refractivity contribution in [3.63, 3.8) is 0 Å². The lowest BCUT2D eigenvalue weighted by molar-refractivity contribution is -0.299. The normalized spacial score (nSPS) is 10.4. The number of carboxylic acid groups (broad SMARTS) is 1. The minimum Gasteiger partial charge on any atom is -0.545 e. The van der Waals surface area contributed by atoms with Gasteiger partial charge in [-0.2, -0.15) is 12.6 Å². The Labute approximate surface area is 88.8 Å². The van der Waals surface area contributed by atoms with Gasteiger partial charge in [-0.3, -0.25) is 0 Å². The Bertz CT molecular complexity index is 288. The number of furan rings is 1. The Balaban J connectivity index is 0.000000241. The Morgan fingerprint density at radius 2 is 2.36 bits per heavy atom. The second kappa shape index (κ2) is 7.26. The van der Waals surface area contributed by atoms with Crippen molar-refractivity contribution < 1.29 is 14.3 Å². The molecule has 0 aromatic carbocycles. The molecule has 0 fully saturated rings. The first kappa shape index (κ1) is 12.8. The van der Waals surface area contributed by atoms with Crippen LogP contribution in [-0.4, -0.2) is 5.97 Å². The van der Waals surface area contributed by atoms with Crippen molar-refractivity contribution in [1.29, 1.82) is 0 Å². The summed E-state index contributed by atoms with van der Waals surface area (Å²) in [4.78, 5) is 9.75. The molecule has 0 amide bonds. The summed E-state index contributed by atoms with van der Waals surface area (Å²) in [6.07, 6.45) is 3.14. The fraction of sp³-hybridized carbons (Fsp3) is 0.300. The summed E-state index contributed by atoms with van der Waals surface area (Å²) in [5.41, 5.74) is 0.278. The quantitative estimate of drug-likeness (QED) is 0.597. The van der Waals surface area contributed by atoms with Crippen LogP contribution in [0.3, 0.4) is 0 Å². The number of carboxylic acids is 1. The van der Waals surface area contributed by atoms with Crippen LogP contribution in [0.4, 0.5) is 0 Å². The zero-order valence-electron chi connectivity index (χ0n) is 8.19. The van der Waals surface area contributed by atoms with Crippen LogP contribution in [0.5, 0.6) is 0 Å². The van der Waals surface area contributed by atoms with Crippen LogP contribution in [0.1, 0.15) is 19.6 Å². The van der Waals surface area contributed by atoms with E-state index in [1.165, 1.54) is 13.0 Å². The molecule has 1 aromatic rings. The molecule has 1 aromatic heterocycles. The van der Waals surface area contributed by atoms with E-state index in [4.69, 9.17) is 4.42 Å². The molecule has 0 radical (unpaired) electrons. The van der Waals surface area contributed by atoms with Crippen LogP contribution < -0.4 is 5.11 Å². The SMILES string of the molecule is C/C=C(\C)C(=O)[O-].SCc1ccco1. The molecule has 1 heterocycles. The minimum absolute atomic E-state index is 0.278. The minimum atomic E-state index is -1.09. The van der Waals surface area contributed by atoms with Crippen LogP contribution in [0.15, 0.2) is 34.5 Å². The number of aliphatic carboxylic acids is 1. The maximum absolute atomic E-state index is 9.75. The summed E-state index contributed by atoms with van der Waals surface area (Å²) in [5.74, 6) is 0.512. The van der Waals surface area contributed by atoms with E-state index in [1.807, 2.05) is 12.1 Å². The summed E-state index contributed by atoms with van der Waals surface area (Å²) in [5, 5.41) is 9.75. The molecule has 0 bridgehead atoms. The first-order chi connectivity index (χ1) is 6.61. The van der Waals surface area contributed by atoms with Crippen LogP contribution in [0.25, 0.3) is 0 Å². The lowest BCUT2D eigenvalue weighted by Crippen LogP contribution is -2.22. The molecule has 0 atom stereocenters. The van der Waals surface area contributed by atoms with Gasteiger partial charge in [-0.15, -0.1) is 0 Å². The number of thiol groups is 1. The molecule has 78 valence electrons. The average Bonchev–Trinajstić information content (AvgIpc) is 2.69. The summed E-state index contributed by atoms with van der Waals surface area (Å²) in [7, 11) is 0. The van der Waals surface area contributed by atoms with Gasteiger partial charge in [0.2, 0.25) is 0 Å². The lowest BCUT2D eigenvalue weighted by Gasteiger charge is -1.96. The van der Waals surface area contributed by atoms with Gasteiger partial charge >= 0.3 is 0 Å². The van der Waals surface area contributed by atoms with Crippen LogP contribution in [-0.2, 0) is 10.5 Å². The van der Waals surface area contributed by atoms with Crippen molar-refractivity contribution in [3.8, 4) is 0 Å². The van der Waals surface area contributed by atoms with Gasteiger partial charge in [-0.05, 0) is 31.6 Å². The summed E-state index contributed by atoms with van der Waals surface area (Å²) in [6, 6.07) is 3.75. The molecule has 0 aliphatic carbocycles. The highest BCUT2D eigenvalue weighted by atomic mass is 32.1. The second-order valence-electron chi connectivity index (χ2n) is 2.50. The van der Waals surface area contributed by atoms with E-state index >= 15 is 0 Å². The number of hydrogen-bond donors (Lipinski definition) is 1. The van der Waals surface area contributed by atoms with Crippen molar-refractivity contribution in [2.75, 3.05) is 0 Å². The van der Waals surface area contributed by atoms with Gasteiger partial charge in [0.25, 0.3) is 0 Å². The first-order valence-corrected chi connectivity index (χ1v) is 4.72. The van der Waals surface area contributed by atoms with Gasteiger partial charge in [0, 0.05) is 5.75 Å². The molecule has 0 saturated heterocycles. The fourth-order valence-electron chi connectivity index (χ4n) is 0.520. The molecule has 0 spiro atoms. The Hall–Kier alpha value is -1.16. The lowest BCUT2D eigenvalue weighted by atomic mass is 10.3. The fourth-order valence-corrected chi connectivity index (χ4v) is 0.700. The molecular weight excluding hydrogens is 200 g/mol. The summed E-state index contributed by atoms with van der Waals surface area (Å²) in [6.45, 7) is 3.15. The van der Waals surface area contributed by atoms with Crippen LogP contribution in [0, 0.1) is 0 Å². The van der Waals surface area contributed by atoms with E-state index in [1.54, 1.807) is 13.2 Å². The molecular formula is C10H13O3S-. The monoisotopic (exact) mass is 213 g/mol. The van der Waals surface area contributed by atoms with E-state index in [9.17, 15) is 9.90 Å². The van der Waals surface area contributed by atoms with Crippen molar-refractivity contribution >= 4 is 18.6 Å². The molecule has 0 N–H and O–H groups in total. The van der Waals surface area contributed by atoms with Gasteiger partial charge in [0.1, 0.15) is 5.76 Å². The molecule has 0 saturated carbocycles. The van der Waals surface area contributed by atoms with E-state index in [0.29, 0.717) is 5.75 Å². The number of carbonyl (C=O) groups excluding carboxylic acids is 1. The third-order valence-electron chi connectivity index (χ3n) is 1.49. The van der Waals surface area contributed by atoms with Gasteiger partial charge < -0.3 is 14.3 Å². The standard InChI is InChI=1S/C5H8O2.C5H6OS/c1-3-4(2)5(6)7;7-4-5-2-1-3-6-5/h3H,1-2H3,(H,6,7);1-3,7H,4H2/p-1/b4-3+;. The number of rotatable bonds is 2. The van der Waals surface area contributed by atoms with Crippen molar-refractivity contribution in [1.82, 2.24) is 0 Å². The highest BCUT2D eigenvalue weighted by molar-refractivity contribution is 7.79. The maximum Gasteiger partial charge on any atom is 0.113 e. The zero-order chi connectivity index (χ0) is 11.0. The van der Waals surface area contributed by atoms with E-state index < -0.39 is 5.97 Å². The Morgan fingerprint density at radius 1 is 1.71 bits per heavy atom. The van der Waals surface area contributed by atoms with Crippen LogP contribution >= 0.6 is 12.6 Å². The molecule has 3 nitrogen and oxygen atoms in total. The third-order valence-corrected chi connectivity index (χ3v) is 1.80. The number of allylic oxidation sites excluding steroid dienone is 1. The highest BCUT2D eigenvalue weighted by Crippen LogP contribution is 2.01. The van der Waals surface area contributed by atoms with Crippen molar-refractivity contribution in [2.45, 2.75) is 19.6 Å². The molecule has 0 aliphatic heterocycles. The topological polar surface area (TPSA) is 53.3 Å². The largest absolute Gasteiger partial charge is 0.545 e. The molecule has 0 unspecified atom stereocenters. The smallest absolute Gasteiger partial charge is 0.113 e. The molecule has 14 heavy (non-hydrogen) atoms. The first-order valence-electron chi connectivity index (χ1n) is 4.09. The predicted octanol–water partition coefficient (Wildman–Crippen LogP) is 1.41. The Kier molecular flexibility index (Phi) is 6.66. The zero-order valence-corrected chi connectivity index (χ0v) is 9.08. The molecule has 1 rings (SSSR count). The number of carbonyl (C=O) groups is 1. The predicted molar refractivity (Wildman–Crippen MR) is 55.8 cm³/mol. The van der Waals surface area contributed by atoms with E-state index in [0.717, 1.165) is 5.76 Å². The van der Waals surface area contributed by atoms with Gasteiger partial charge in [0.15, 0.2) is 0 Å². The second-order valence-corrected chi connectivity index (χ2v) is 2.81.